The summed E-state index contributed by atoms with van der Waals surface area (Å²) < 4.78 is 0. The van der Waals surface area contributed by atoms with Gasteiger partial charge in [0.25, 0.3) is 0 Å². The summed E-state index contributed by atoms with van der Waals surface area (Å²) >= 11 is 0. The van der Waals surface area contributed by atoms with Crippen LogP contribution in [-0.2, 0) is 4.79 Å². The van der Waals surface area contributed by atoms with Gasteiger partial charge in [0.1, 0.15) is 0 Å². The fraction of sp³-hybridized carbons (Fsp3) is 0.647. The Balaban J connectivity index is 1.61. The number of amides is 1. The van der Waals surface area contributed by atoms with Crippen LogP contribution in [-0.4, -0.2) is 16.9 Å². The molecule has 1 aromatic rings. The molecule has 0 aliphatic heterocycles. The summed E-state index contributed by atoms with van der Waals surface area (Å²) in [5.41, 5.74) is 7.35. The number of nitrogens with zero attached hydrogens (tertiary/aromatic N) is 1. The van der Waals surface area contributed by atoms with Crippen molar-refractivity contribution in [3.05, 3.63) is 30.1 Å². The molecule has 0 radical (unpaired) electrons. The van der Waals surface area contributed by atoms with E-state index in [0.717, 1.165) is 18.4 Å². The van der Waals surface area contributed by atoms with Gasteiger partial charge in [0.15, 0.2) is 0 Å². The fourth-order valence-electron chi connectivity index (χ4n) is 4.05. The average Bonchev–Trinajstić information content (AvgIpc) is 2.47. The maximum Gasteiger partial charge on any atom is 0.223 e. The lowest BCUT2D eigenvalue weighted by atomic mass is 9.65. The van der Waals surface area contributed by atoms with Crippen LogP contribution < -0.4 is 11.1 Å². The summed E-state index contributed by atoms with van der Waals surface area (Å²) in [7, 11) is 0. The number of nitrogens with one attached hydrogen (secondary N) is 1. The number of carbonyl (C=O) groups is 1. The zero-order valence-corrected chi connectivity index (χ0v) is 12.7. The van der Waals surface area contributed by atoms with Crippen LogP contribution in [0.15, 0.2) is 24.5 Å². The van der Waals surface area contributed by atoms with E-state index in [2.05, 4.69) is 10.3 Å². The van der Waals surface area contributed by atoms with Gasteiger partial charge in [0, 0.05) is 24.4 Å². The van der Waals surface area contributed by atoms with E-state index in [4.69, 9.17) is 5.73 Å². The number of nitrogens with two attached hydrogens (primary N) is 1. The normalized spacial score (nSPS) is 33.2. The van der Waals surface area contributed by atoms with Crippen molar-refractivity contribution >= 4 is 5.91 Å². The molecule has 3 atom stereocenters. The number of hydrogen-bond acceptors (Lipinski definition) is 3. The maximum absolute atomic E-state index is 12.5. The molecule has 4 heteroatoms. The highest BCUT2D eigenvalue weighted by Crippen LogP contribution is 2.42. The Morgan fingerprint density at radius 2 is 2.10 bits per heavy atom. The van der Waals surface area contributed by atoms with E-state index in [1.165, 1.54) is 19.3 Å². The van der Waals surface area contributed by atoms with Crippen LogP contribution in [0.3, 0.4) is 0 Å². The first-order valence-corrected chi connectivity index (χ1v) is 8.11. The van der Waals surface area contributed by atoms with Gasteiger partial charge >= 0.3 is 0 Å². The van der Waals surface area contributed by atoms with E-state index in [1.54, 1.807) is 6.20 Å². The standard InChI is InChI=1S/C17H25N3O/c1-11(14-6-3-7-19-10-14)20-17(21)15-8-12-4-2-5-13(9-15)16(12)18/h3,6-7,10-13,15-16H,2,4-5,8-9,18H2,1H3,(H,20,21). The second kappa shape index (κ2) is 6.14. The Bertz CT molecular complexity index is 476. The third-order valence-corrected chi connectivity index (χ3v) is 5.33. The Labute approximate surface area is 126 Å². The molecular weight excluding hydrogens is 262 g/mol. The molecule has 1 aromatic heterocycles. The van der Waals surface area contributed by atoms with Gasteiger partial charge in [-0.25, -0.2) is 0 Å². The first kappa shape index (κ1) is 14.5. The van der Waals surface area contributed by atoms with Crippen molar-refractivity contribution in [2.75, 3.05) is 0 Å². The van der Waals surface area contributed by atoms with Crippen LogP contribution in [0.25, 0.3) is 0 Å². The lowest BCUT2D eigenvalue weighted by molar-refractivity contribution is -0.128. The van der Waals surface area contributed by atoms with Gasteiger partial charge in [-0.05, 0) is 56.1 Å². The molecule has 0 spiro atoms. The smallest absolute Gasteiger partial charge is 0.223 e. The molecule has 0 aromatic carbocycles. The monoisotopic (exact) mass is 287 g/mol. The molecule has 2 aliphatic rings. The van der Waals surface area contributed by atoms with E-state index >= 15 is 0 Å². The minimum absolute atomic E-state index is 0.0154. The van der Waals surface area contributed by atoms with Gasteiger partial charge in [0.2, 0.25) is 5.91 Å². The molecule has 0 saturated heterocycles. The second-order valence-corrected chi connectivity index (χ2v) is 6.71. The van der Waals surface area contributed by atoms with Crippen molar-refractivity contribution in [2.24, 2.45) is 23.5 Å². The molecule has 21 heavy (non-hydrogen) atoms. The van der Waals surface area contributed by atoms with Gasteiger partial charge in [-0.15, -0.1) is 0 Å². The number of carbonyl (C=O) groups excluding carboxylic acids is 1. The highest BCUT2D eigenvalue weighted by atomic mass is 16.1. The first-order valence-electron chi connectivity index (χ1n) is 8.11. The third kappa shape index (κ3) is 3.10. The molecule has 2 saturated carbocycles. The third-order valence-electron chi connectivity index (χ3n) is 5.33. The molecular formula is C17H25N3O. The van der Waals surface area contributed by atoms with Crippen LogP contribution in [0, 0.1) is 17.8 Å². The van der Waals surface area contributed by atoms with Crippen molar-refractivity contribution in [1.82, 2.24) is 10.3 Å². The van der Waals surface area contributed by atoms with Crippen LogP contribution in [0.5, 0.6) is 0 Å². The topological polar surface area (TPSA) is 68.0 Å². The molecule has 2 bridgehead atoms. The van der Waals surface area contributed by atoms with Crippen molar-refractivity contribution in [3.63, 3.8) is 0 Å². The van der Waals surface area contributed by atoms with Gasteiger partial charge in [0.05, 0.1) is 6.04 Å². The summed E-state index contributed by atoms with van der Waals surface area (Å²) in [5, 5.41) is 3.15. The zero-order chi connectivity index (χ0) is 14.8. The molecule has 1 amide bonds. The summed E-state index contributed by atoms with van der Waals surface area (Å²) in [4.78, 5) is 16.7. The Hall–Kier alpha value is -1.42. The van der Waals surface area contributed by atoms with Crippen molar-refractivity contribution < 1.29 is 4.79 Å². The number of pyridine rings is 1. The van der Waals surface area contributed by atoms with Crippen molar-refractivity contribution in [3.8, 4) is 0 Å². The summed E-state index contributed by atoms with van der Waals surface area (Å²) in [6.45, 7) is 2.02. The average molecular weight is 287 g/mol. The summed E-state index contributed by atoms with van der Waals surface area (Å²) in [6.07, 6.45) is 9.16. The fourth-order valence-corrected chi connectivity index (χ4v) is 4.05. The van der Waals surface area contributed by atoms with Gasteiger partial charge < -0.3 is 11.1 Å². The predicted molar refractivity (Wildman–Crippen MR) is 82.3 cm³/mol. The Kier molecular flexibility index (Phi) is 4.24. The van der Waals surface area contributed by atoms with Crippen LogP contribution in [0.2, 0.25) is 0 Å². The quantitative estimate of drug-likeness (QED) is 0.897. The molecule has 2 aliphatic carbocycles. The van der Waals surface area contributed by atoms with Crippen LogP contribution >= 0.6 is 0 Å². The molecule has 3 rings (SSSR count). The van der Waals surface area contributed by atoms with E-state index in [0.29, 0.717) is 17.9 Å². The highest BCUT2D eigenvalue weighted by Gasteiger charge is 2.40. The number of rotatable bonds is 3. The van der Waals surface area contributed by atoms with Gasteiger partial charge in [-0.3, -0.25) is 9.78 Å². The van der Waals surface area contributed by atoms with E-state index < -0.39 is 0 Å². The van der Waals surface area contributed by atoms with Gasteiger partial charge in [-0.2, -0.15) is 0 Å². The summed E-state index contributed by atoms with van der Waals surface area (Å²) in [5.74, 6) is 1.42. The van der Waals surface area contributed by atoms with Crippen LogP contribution in [0.4, 0.5) is 0 Å². The van der Waals surface area contributed by atoms with Gasteiger partial charge in [-0.1, -0.05) is 12.5 Å². The summed E-state index contributed by atoms with van der Waals surface area (Å²) in [6, 6.07) is 4.24. The van der Waals surface area contributed by atoms with Crippen molar-refractivity contribution in [2.45, 2.75) is 51.1 Å². The largest absolute Gasteiger partial charge is 0.349 e. The minimum Gasteiger partial charge on any atom is -0.349 e. The van der Waals surface area contributed by atoms with Crippen LogP contribution in [0.1, 0.15) is 50.6 Å². The Morgan fingerprint density at radius 3 is 2.71 bits per heavy atom. The molecule has 4 nitrogen and oxygen atoms in total. The minimum atomic E-state index is 0.0154. The molecule has 114 valence electrons. The Morgan fingerprint density at radius 1 is 1.38 bits per heavy atom. The van der Waals surface area contributed by atoms with Crippen molar-refractivity contribution in [1.29, 1.82) is 0 Å². The lowest BCUT2D eigenvalue weighted by Crippen LogP contribution is -2.49. The predicted octanol–water partition coefficient (Wildman–Crippen LogP) is 2.41. The maximum atomic E-state index is 12.5. The molecule has 1 heterocycles. The molecule has 3 N–H and O–H groups in total. The number of fused-ring (bicyclic) bond motifs is 2. The SMILES string of the molecule is CC(NC(=O)C1CC2CCCC(C1)C2N)c1cccnc1. The number of hydrogen-bond donors (Lipinski definition) is 2. The zero-order valence-electron chi connectivity index (χ0n) is 12.7. The van der Waals surface area contributed by atoms with E-state index in [-0.39, 0.29) is 17.9 Å². The second-order valence-electron chi connectivity index (χ2n) is 6.71. The first-order chi connectivity index (χ1) is 10.1. The van der Waals surface area contributed by atoms with E-state index in [1.807, 2.05) is 25.3 Å². The van der Waals surface area contributed by atoms with E-state index in [9.17, 15) is 4.79 Å². The molecule has 2 fully saturated rings. The number of aromatic nitrogens is 1. The lowest BCUT2D eigenvalue weighted by Gasteiger charge is -2.43. The molecule has 3 unspecified atom stereocenters. The highest BCUT2D eigenvalue weighted by molar-refractivity contribution is 5.79.